The topological polar surface area (TPSA) is 95.9 Å². The predicted molar refractivity (Wildman–Crippen MR) is 136 cm³/mol. The molecule has 2 aliphatic rings. The summed E-state index contributed by atoms with van der Waals surface area (Å²) in [6.45, 7) is 4.11. The zero-order valence-electron chi connectivity index (χ0n) is 20.1. The van der Waals surface area contributed by atoms with E-state index in [1.807, 2.05) is 38.1 Å². The van der Waals surface area contributed by atoms with Gasteiger partial charge in [0, 0.05) is 24.1 Å². The summed E-state index contributed by atoms with van der Waals surface area (Å²) >= 11 is 1.51. The van der Waals surface area contributed by atoms with E-state index in [2.05, 4.69) is 29.6 Å². The number of benzene rings is 2. The summed E-state index contributed by atoms with van der Waals surface area (Å²) in [4.78, 5) is 39.0. The maximum Gasteiger partial charge on any atom is 0.407 e. The molecule has 4 rings (SSSR count). The first-order valence-corrected chi connectivity index (χ1v) is 13.3. The molecule has 2 unspecified atom stereocenters. The summed E-state index contributed by atoms with van der Waals surface area (Å²) in [7, 11) is 0. The van der Waals surface area contributed by atoms with E-state index in [-0.39, 0.29) is 30.2 Å². The van der Waals surface area contributed by atoms with Crippen LogP contribution in [0, 0.1) is 0 Å². The standard InChI is InChI=1S/C27H32N2O5S/c1-3-9-25-29(23(16-35-25)26(31)32)24(30)14-17(4-2)28-27(33)34-15-22-20-12-7-5-10-18(20)19-11-6-8-13-21(19)22/h5-8,10-13,17,22-23,25H,3-4,9,14-16H2,1-2H3,(H,28,33)(H,31,32)/t17-,23?,25?/m0/s1. The molecular weight excluding hydrogens is 464 g/mol. The molecule has 1 heterocycles. The van der Waals surface area contributed by atoms with Gasteiger partial charge in [0.1, 0.15) is 12.6 Å². The second-order valence-corrected chi connectivity index (χ2v) is 10.2. The van der Waals surface area contributed by atoms with Crippen molar-refractivity contribution >= 4 is 29.7 Å². The quantitative estimate of drug-likeness (QED) is 0.515. The van der Waals surface area contributed by atoms with Crippen LogP contribution in [0.25, 0.3) is 11.1 Å². The molecule has 1 fully saturated rings. The third-order valence-electron chi connectivity index (χ3n) is 6.78. The monoisotopic (exact) mass is 496 g/mol. The first kappa shape index (κ1) is 25.1. The van der Waals surface area contributed by atoms with Crippen molar-refractivity contribution in [1.82, 2.24) is 10.2 Å². The number of alkyl carbamates (subject to hydrolysis) is 1. The molecule has 2 aromatic carbocycles. The average Bonchev–Trinajstić information content (AvgIpc) is 3.42. The highest BCUT2D eigenvalue weighted by molar-refractivity contribution is 8.00. The van der Waals surface area contributed by atoms with Crippen LogP contribution in [0.5, 0.6) is 0 Å². The third kappa shape index (κ3) is 5.32. The molecule has 1 aliphatic heterocycles. The molecule has 0 radical (unpaired) electrons. The van der Waals surface area contributed by atoms with E-state index in [1.54, 1.807) is 0 Å². The first-order chi connectivity index (χ1) is 16.9. The van der Waals surface area contributed by atoms with Gasteiger partial charge >= 0.3 is 12.1 Å². The molecule has 2 aromatic rings. The van der Waals surface area contributed by atoms with Gasteiger partial charge in [0.05, 0.1) is 5.37 Å². The lowest BCUT2D eigenvalue weighted by Crippen LogP contribution is -2.48. The number of amides is 2. The molecule has 8 heteroatoms. The molecule has 3 atom stereocenters. The van der Waals surface area contributed by atoms with Crippen molar-refractivity contribution < 1.29 is 24.2 Å². The number of nitrogens with zero attached hydrogens (tertiary/aromatic N) is 1. The third-order valence-corrected chi connectivity index (χ3v) is 8.14. The fourth-order valence-electron chi connectivity index (χ4n) is 4.98. The minimum atomic E-state index is -0.984. The fourth-order valence-corrected chi connectivity index (χ4v) is 6.51. The number of fused-ring (bicyclic) bond motifs is 3. The van der Waals surface area contributed by atoms with Gasteiger partial charge in [-0.3, -0.25) is 4.79 Å². The molecule has 0 spiro atoms. The Balaban J connectivity index is 1.37. The lowest BCUT2D eigenvalue weighted by Gasteiger charge is -2.29. The van der Waals surface area contributed by atoms with Crippen LogP contribution in [0.3, 0.4) is 0 Å². The molecule has 186 valence electrons. The number of ether oxygens (including phenoxy) is 1. The average molecular weight is 497 g/mol. The Hall–Kier alpha value is -3.00. The number of rotatable bonds is 9. The number of carbonyl (C=O) groups is 3. The summed E-state index contributed by atoms with van der Waals surface area (Å²) in [5.74, 6) is -0.876. The van der Waals surface area contributed by atoms with E-state index < -0.39 is 24.1 Å². The molecule has 2 amide bonds. The minimum Gasteiger partial charge on any atom is -0.480 e. The van der Waals surface area contributed by atoms with E-state index in [4.69, 9.17) is 4.74 Å². The van der Waals surface area contributed by atoms with Gasteiger partial charge in [-0.15, -0.1) is 11.8 Å². The van der Waals surface area contributed by atoms with Gasteiger partial charge in [0.15, 0.2) is 0 Å². The van der Waals surface area contributed by atoms with Crippen LogP contribution in [0.2, 0.25) is 0 Å². The first-order valence-electron chi connectivity index (χ1n) is 12.2. The Morgan fingerprint density at radius 1 is 1.09 bits per heavy atom. The highest BCUT2D eigenvalue weighted by Gasteiger charge is 2.41. The van der Waals surface area contributed by atoms with Crippen LogP contribution in [0.15, 0.2) is 48.5 Å². The molecule has 35 heavy (non-hydrogen) atoms. The number of thioether (sulfide) groups is 1. The van der Waals surface area contributed by atoms with Crippen LogP contribution in [-0.2, 0) is 14.3 Å². The Kier molecular flexibility index (Phi) is 8.00. The van der Waals surface area contributed by atoms with Gasteiger partial charge in [-0.1, -0.05) is 68.8 Å². The minimum absolute atomic E-state index is 0.0392. The lowest BCUT2D eigenvalue weighted by molar-refractivity contribution is -0.149. The zero-order chi connectivity index (χ0) is 24.9. The smallest absolute Gasteiger partial charge is 0.407 e. The largest absolute Gasteiger partial charge is 0.480 e. The van der Waals surface area contributed by atoms with Crippen LogP contribution < -0.4 is 5.32 Å². The van der Waals surface area contributed by atoms with Crippen molar-refractivity contribution in [3.63, 3.8) is 0 Å². The van der Waals surface area contributed by atoms with Crippen molar-refractivity contribution in [3.8, 4) is 11.1 Å². The van der Waals surface area contributed by atoms with E-state index in [9.17, 15) is 19.5 Å². The van der Waals surface area contributed by atoms with E-state index in [0.29, 0.717) is 12.2 Å². The van der Waals surface area contributed by atoms with Crippen molar-refractivity contribution in [3.05, 3.63) is 59.7 Å². The lowest BCUT2D eigenvalue weighted by atomic mass is 9.98. The van der Waals surface area contributed by atoms with Crippen molar-refractivity contribution in [2.45, 2.75) is 62.9 Å². The van der Waals surface area contributed by atoms with Crippen molar-refractivity contribution in [1.29, 1.82) is 0 Å². The number of hydrogen-bond acceptors (Lipinski definition) is 5. The molecule has 0 aromatic heterocycles. The predicted octanol–water partition coefficient (Wildman–Crippen LogP) is 4.85. The summed E-state index contributed by atoms with van der Waals surface area (Å²) in [6, 6.07) is 15.0. The van der Waals surface area contributed by atoms with Crippen LogP contribution in [0.1, 0.15) is 56.6 Å². The van der Waals surface area contributed by atoms with E-state index in [0.717, 1.165) is 35.1 Å². The molecule has 0 bridgehead atoms. The number of carboxylic acid groups (broad SMARTS) is 1. The number of carbonyl (C=O) groups excluding carboxylic acids is 2. The van der Waals surface area contributed by atoms with Gasteiger partial charge in [0.2, 0.25) is 5.91 Å². The maximum absolute atomic E-state index is 13.1. The second-order valence-electron chi connectivity index (χ2n) is 9.01. The number of nitrogens with one attached hydrogen (secondary N) is 1. The maximum atomic E-state index is 13.1. The highest BCUT2D eigenvalue weighted by Crippen LogP contribution is 2.44. The number of aliphatic carboxylic acids is 1. The normalized spacial score (nSPS) is 19.7. The van der Waals surface area contributed by atoms with Gasteiger partial charge in [-0.25, -0.2) is 9.59 Å². The number of hydrogen-bond donors (Lipinski definition) is 2. The Morgan fingerprint density at radius 2 is 1.71 bits per heavy atom. The SMILES string of the molecule is CCCC1SCC(C(=O)O)N1C(=O)C[C@H](CC)NC(=O)OCC1c2ccccc2-c2ccccc21. The van der Waals surface area contributed by atoms with E-state index >= 15 is 0 Å². The van der Waals surface area contributed by atoms with Crippen LogP contribution >= 0.6 is 11.8 Å². The fraction of sp³-hybridized carbons (Fsp3) is 0.444. The highest BCUT2D eigenvalue weighted by atomic mass is 32.2. The Bertz CT molecular complexity index is 1050. The molecule has 7 nitrogen and oxygen atoms in total. The Labute approximate surface area is 210 Å². The molecular formula is C27H32N2O5S. The van der Waals surface area contributed by atoms with Gasteiger partial charge in [0.25, 0.3) is 0 Å². The Morgan fingerprint density at radius 3 is 2.29 bits per heavy atom. The summed E-state index contributed by atoms with van der Waals surface area (Å²) in [5.41, 5.74) is 4.59. The van der Waals surface area contributed by atoms with Crippen LogP contribution in [0.4, 0.5) is 4.79 Å². The molecule has 1 saturated heterocycles. The zero-order valence-corrected chi connectivity index (χ0v) is 20.9. The van der Waals surface area contributed by atoms with Gasteiger partial charge in [-0.05, 0) is 35.1 Å². The van der Waals surface area contributed by atoms with E-state index in [1.165, 1.54) is 16.7 Å². The molecule has 1 aliphatic carbocycles. The van der Waals surface area contributed by atoms with Gasteiger partial charge in [-0.2, -0.15) is 0 Å². The summed E-state index contributed by atoms with van der Waals surface area (Å²) < 4.78 is 5.62. The summed E-state index contributed by atoms with van der Waals surface area (Å²) in [6.07, 6.45) is 1.63. The van der Waals surface area contributed by atoms with Crippen molar-refractivity contribution in [2.75, 3.05) is 12.4 Å². The molecule has 0 saturated carbocycles. The second kappa shape index (κ2) is 11.2. The number of carboxylic acids is 1. The van der Waals surface area contributed by atoms with Crippen LogP contribution in [-0.4, -0.2) is 57.8 Å². The van der Waals surface area contributed by atoms with Crippen molar-refractivity contribution in [2.24, 2.45) is 0 Å². The van der Waals surface area contributed by atoms with Gasteiger partial charge < -0.3 is 20.1 Å². The molecule has 2 N–H and O–H groups in total. The summed E-state index contributed by atoms with van der Waals surface area (Å²) in [5, 5.41) is 12.3.